The molecule has 1 aromatic carbocycles. The van der Waals surface area contributed by atoms with Gasteiger partial charge in [-0.3, -0.25) is 4.79 Å². The van der Waals surface area contributed by atoms with E-state index < -0.39 is 11.7 Å². The van der Waals surface area contributed by atoms with Gasteiger partial charge in [-0.1, -0.05) is 5.11 Å². The first-order valence-corrected chi connectivity index (χ1v) is 6.42. The molecule has 0 radical (unpaired) electrons. The SMILES string of the molecule is COc1cc(N2CC(CN=[N+]=[N-])CC2=O)cc(C(F)(F)F)c1. The summed E-state index contributed by atoms with van der Waals surface area (Å²) >= 11 is 0. The summed E-state index contributed by atoms with van der Waals surface area (Å²) in [5.74, 6) is -0.487. The van der Waals surface area contributed by atoms with Crippen molar-refractivity contribution in [3.05, 3.63) is 34.2 Å². The molecule has 0 N–H and O–H groups in total. The number of anilines is 1. The molecule has 1 aliphatic rings. The highest BCUT2D eigenvalue weighted by Crippen LogP contribution is 2.36. The molecule has 0 aromatic heterocycles. The third-order valence-electron chi connectivity index (χ3n) is 3.37. The molecule has 0 spiro atoms. The normalized spacial score (nSPS) is 18.3. The number of ether oxygens (including phenoxy) is 1. The molecule has 1 atom stereocenters. The number of benzene rings is 1. The van der Waals surface area contributed by atoms with E-state index in [1.54, 1.807) is 0 Å². The topological polar surface area (TPSA) is 78.3 Å². The number of amides is 1. The summed E-state index contributed by atoms with van der Waals surface area (Å²) in [6.07, 6.45) is -4.39. The summed E-state index contributed by atoms with van der Waals surface area (Å²) in [5, 5.41) is 3.40. The zero-order valence-corrected chi connectivity index (χ0v) is 11.7. The van der Waals surface area contributed by atoms with Crippen LogP contribution in [0.25, 0.3) is 10.4 Å². The molecular formula is C13H13F3N4O2. The van der Waals surface area contributed by atoms with Gasteiger partial charge in [0.15, 0.2) is 0 Å². The van der Waals surface area contributed by atoms with Crippen molar-refractivity contribution in [2.24, 2.45) is 11.0 Å². The van der Waals surface area contributed by atoms with E-state index in [4.69, 9.17) is 10.3 Å². The minimum Gasteiger partial charge on any atom is -0.497 e. The van der Waals surface area contributed by atoms with Crippen LogP contribution >= 0.6 is 0 Å². The summed E-state index contributed by atoms with van der Waals surface area (Å²) in [6.45, 7) is 0.344. The molecule has 1 unspecified atom stereocenters. The Balaban J connectivity index is 2.32. The van der Waals surface area contributed by atoms with E-state index in [0.717, 1.165) is 12.1 Å². The van der Waals surface area contributed by atoms with Crippen LogP contribution in [-0.4, -0.2) is 26.1 Å². The quantitative estimate of drug-likeness (QED) is 0.485. The molecule has 2 rings (SSSR count). The van der Waals surface area contributed by atoms with Crippen LogP contribution in [0.5, 0.6) is 5.75 Å². The number of alkyl halides is 3. The van der Waals surface area contributed by atoms with E-state index in [0.29, 0.717) is 0 Å². The third kappa shape index (κ3) is 3.43. The van der Waals surface area contributed by atoms with Gasteiger partial charge in [0.1, 0.15) is 5.75 Å². The summed E-state index contributed by atoms with van der Waals surface area (Å²) in [6, 6.07) is 3.17. The highest BCUT2D eigenvalue weighted by atomic mass is 19.4. The summed E-state index contributed by atoms with van der Waals surface area (Å²) in [5.41, 5.74) is 7.53. The van der Waals surface area contributed by atoms with Crippen LogP contribution in [0.15, 0.2) is 23.3 Å². The number of halogens is 3. The molecule has 1 aromatic rings. The smallest absolute Gasteiger partial charge is 0.416 e. The Bertz CT molecular complexity index is 626. The second-order valence-electron chi connectivity index (χ2n) is 4.91. The van der Waals surface area contributed by atoms with E-state index in [-0.39, 0.29) is 42.8 Å². The molecule has 1 heterocycles. The number of hydrogen-bond donors (Lipinski definition) is 0. The van der Waals surface area contributed by atoms with Gasteiger partial charge in [-0.05, 0) is 23.6 Å². The second-order valence-corrected chi connectivity index (χ2v) is 4.91. The average Bonchev–Trinajstić information content (AvgIpc) is 2.84. The zero-order chi connectivity index (χ0) is 16.3. The lowest BCUT2D eigenvalue weighted by molar-refractivity contribution is -0.137. The number of carbonyl (C=O) groups excluding carboxylic acids is 1. The van der Waals surface area contributed by atoms with Gasteiger partial charge >= 0.3 is 6.18 Å². The Morgan fingerprint density at radius 3 is 2.77 bits per heavy atom. The summed E-state index contributed by atoms with van der Waals surface area (Å²) in [7, 11) is 1.26. The van der Waals surface area contributed by atoms with Crippen molar-refractivity contribution in [3.63, 3.8) is 0 Å². The molecule has 0 aliphatic carbocycles. The number of hydrogen-bond acceptors (Lipinski definition) is 3. The highest BCUT2D eigenvalue weighted by molar-refractivity contribution is 5.96. The fraction of sp³-hybridized carbons (Fsp3) is 0.462. The van der Waals surface area contributed by atoms with E-state index in [2.05, 4.69) is 10.0 Å². The molecule has 0 bridgehead atoms. The Morgan fingerprint density at radius 1 is 1.45 bits per heavy atom. The monoisotopic (exact) mass is 314 g/mol. The summed E-state index contributed by atoms with van der Waals surface area (Å²) < 4.78 is 43.6. The molecule has 6 nitrogen and oxygen atoms in total. The van der Waals surface area contributed by atoms with Crippen molar-refractivity contribution >= 4 is 11.6 Å². The first kappa shape index (κ1) is 16.0. The molecule has 1 fully saturated rings. The molecular weight excluding hydrogens is 301 g/mol. The van der Waals surface area contributed by atoms with Gasteiger partial charge in [-0.15, -0.1) is 0 Å². The van der Waals surface area contributed by atoms with Gasteiger partial charge in [0, 0.05) is 36.2 Å². The minimum atomic E-state index is -4.53. The molecule has 0 saturated carbocycles. The fourth-order valence-electron chi connectivity index (χ4n) is 2.33. The number of azide groups is 1. The molecule has 1 aliphatic heterocycles. The molecule has 9 heteroatoms. The molecule has 1 amide bonds. The van der Waals surface area contributed by atoms with Crippen LogP contribution in [0.2, 0.25) is 0 Å². The van der Waals surface area contributed by atoms with Crippen molar-refractivity contribution < 1.29 is 22.7 Å². The number of methoxy groups -OCH3 is 1. The fourth-order valence-corrected chi connectivity index (χ4v) is 2.33. The zero-order valence-electron chi connectivity index (χ0n) is 11.7. The Hall–Kier alpha value is -2.41. The van der Waals surface area contributed by atoms with Crippen molar-refractivity contribution in [3.8, 4) is 5.75 Å². The lowest BCUT2D eigenvalue weighted by Gasteiger charge is -2.19. The van der Waals surface area contributed by atoms with E-state index in [9.17, 15) is 18.0 Å². The van der Waals surface area contributed by atoms with Gasteiger partial charge < -0.3 is 9.64 Å². The second kappa shape index (κ2) is 6.15. The van der Waals surface area contributed by atoms with Crippen LogP contribution < -0.4 is 9.64 Å². The van der Waals surface area contributed by atoms with E-state index >= 15 is 0 Å². The Morgan fingerprint density at radius 2 is 2.18 bits per heavy atom. The van der Waals surface area contributed by atoms with Gasteiger partial charge in [-0.25, -0.2) is 0 Å². The van der Waals surface area contributed by atoms with Crippen molar-refractivity contribution in [2.75, 3.05) is 25.1 Å². The lowest BCUT2D eigenvalue weighted by Crippen LogP contribution is -2.25. The van der Waals surface area contributed by atoms with Gasteiger partial charge in [0.25, 0.3) is 0 Å². The van der Waals surface area contributed by atoms with Crippen LogP contribution in [-0.2, 0) is 11.0 Å². The lowest BCUT2D eigenvalue weighted by atomic mass is 10.1. The van der Waals surface area contributed by atoms with Crippen molar-refractivity contribution in [1.29, 1.82) is 0 Å². The third-order valence-corrected chi connectivity index (χ3v) is 3.37. The molecule has 1 saturated heterocycles. The maximum absolute atomic E-state index is 12.9. The van der Waals surface area contributed by atoms with Crippen LogP contribution in [0.3, 0.4) is 0 Å². The van der Waals surface area contributed by atoms with Crippen LogP contribution in [0.1, 0.15) is 12.0 Å². The predicted molar refractivity (Wildman–Crippen MR) is 72.5 cm³/mol. The first-order chi connectivity index (χ1) is 10.3. The van der Waals surface area contributed by atoms with Gasteiger partial charge in [0.05, 0.1) is 12.7 Å². The number of nitrogens with zero attached hydrogens (tertiary/aromatic N) is 4. The molecule has 22 heavy (non-hydrogen) atoms. The largest absolute Gasteiger partial charge is 0.497 e. The van der Waals surface area contributed by atoms with Crippen LogP contribution in [0.4, 0.5) is 18.9 Å². The predicted octanol–water partition coefficient (Wildman–Crippen LogP) is 3.38. The number of carbonyl (C=O) groups is 1. The van der Waals surface area contributed by atoms with Gasteiger partial charge in [0.2, 0.25) is 5.91 Å². The van der Waals surface area contributed by atoms with Crippen LogP contribution in [0, 0.1) is 5.92 Å². The standard InChI is InChI=1S/C13H13F3N4O2/c1-22-11-4-9(13(14,15)16)3-10(5-11)20-7-8(2-12(20)21)6-18-19-17/h3-5,8H,2,6-7H2,1H3. The number of rotatable bonds is 4. The van der Waals surface area contributed by atoms with Crippen molar-refractivity contribution in [2.45, 2.75) is 12.6 Å². The molecule has 118 valence electrons. The summed E-state index contributed by atoms with van der Waals surface area (Å²) in [4.78, 5) is 15.9. The van der Waals surface area contributed by atoms with Gasteiger partial charge in [-0.2, -0.15) is 13.2 Å². The van der Waals surface area contributed by atoms with Crippen molar-refractivity contribution in [1.82, 2.24) is 0 Å². The minimum absolute atomic E-state index is 0.0242. The highest BCUT2D eigenvalue weighted by Gasteiger charge is 2.35. The maximum atomic E-state index is 12.9. The Labute approximate surface area is 124 Å². The average molecular weight is 314 g/mol. The van der Waals surface area contributed by atoms with E-state index in [1.165, 1.54) is 18.1 Å². The Kier molecular flexibility index (Phi) is 4.46. The first-order valence-electron chi connectivity index (χ1n) is 6.42. The maximum Gasteiger partial charge on any atom is 0.416 e. The van der Waals surface area contributed by atoms with E-state index in [1.807, 2.05) is 0 Å².